The largest absolute Gasteiger partial charge is 0.396 e. The number of amides is 2. The summed E-state index contributed by atoms with van der Waals surface area (Å²) in [4.78, 5) is 22.1. The molecule has 1 aromatic carbocycles. The fourth-order valence-corrected chi connectivity index (χ4v) is 1.56. The lowest BCUT2D eigenvalue weighted by molar-refractivity contribution is -0.385. The first kappa shape index (κ1) is 15.9. The highest BCUT2D eigenvalue weighted by Crippen LogP contribution is 2.22. The van der Waals surface area contributed by atoms with Crippen LogP contribution in [-0.2, 0) is 0 Å². The smallest absolute Gasteiger partial charge is 0.319 e. The van der Waals surface area contributed by atoms with Crippen LogP contribution in [-0.4, -0.2) is 28.7 Å². The van der Waals surface area contributed by atoms with Gasteiger partial charge in [0.05, 0.1) is 4.92 Å². The summed E-state index contributed by atoms with van der Waals surface area (Å²) in [6, 6.07) is 3.82. The number of urea groups is 1. The van der Waals surface area contributed by atoms with E-state index in [1.165, 1.54) is 6.07 Å². The number of nitro benzene ring substituents is 1. The zero-order chi connectivity index (χ0) is 15.3. The number of aryl methyl sites for hydroxylation is 1. The van der Waals surface area contributed by atoms with E-state index < -0.39 is 11.0 Å². The van der Waals surface area contributed by atoms with Gasteiger partial charge in [-0.1, -0.05) is 13.0 Å². The third kappa shape index (κ3) is 4.20. The van der Waals surface area contributed by atoms with Crippen LogP contribution < -0.4 is 10.6 Å². The van der Waals surface area contributed by atoms with E-state index in [1.807, 2.05) is 6.92 Å². The van der Waals surface area contributed by atoms with Gasteiger partial charge in [0.15, 0.2) is 0 Å². The molecule has 0 bridgehead atoms. The van der Waals surface area contributed by atoms with Gasteiger partial charge in [-0.15, -0.1) is 0 Å². The van der Waals surface area contributed by atoms with Crippen LogP contribution in [0, 0.1) is 23.0 Å². The first-order chi connectivity index (χ1) is 9.35. The maximum absolute atomic E-state index is 11.7. The van der Waals surface area contributed by atoms with Crippen molar-refractivity contribution >= 4 is 17.4 Å². The second kappa shape index (κ2) is 6.85. The van der Waals surface area contributed by atoms with Crippen molar-refractivity contribution in [3.05, 3.63) is 33.9 Å². The summed E-state index contributed by atoms with van der Waals surface area (Å²) in [5.41, 5.74) is 0.839. The monoisotopic (exact) mass is 281 g/mol. The van der Waals surface area contributed by atoms with Crippen molar-refractivity contribution in [1.82, 2.24) is 5.32 Å². The number of nitrogens with one attached hydrogen (secondary N) is 2. The van der Waals surface area contributed by atoms with Gasteiger partial charge in [-0.25, -0.2) is 4.79 Å². The summed E-state index contributed by atoms with van der Waals surface area (Å²) in [5, 5.41) is 25.0. The molecule has 7 heteroatoms. The van der Waals surface area contributed by atoms with Gasteiger partial charge in [0.2, 0.25) is 0 Å². The van der Waals surface area contributed by atoms with Crippen LogP contribution in [0.25, 0.3) is 0 Å². The standard InChI is InChI=1S/C13H19N3O4/c1-8-4-5-11(6-12(8)16(19)20)15-13(18)14-10(3)9(2)7-17/h4-6,9-10,17H,7H2,1-3H3,(H2,14,15,18). The zero-order valence-corrected chi connectivity index (χ0v) is 11.7. The molecule has 3 N–H and O–H groups in total. The molecule has 0 aliphatic carbocycles. The van der Waals surface area contributed by atoms with Gasteiger partial charge in [0, 0.05) is 30.0 Å². The fourth-order valence-electron chi connectivity index (χ4n) is 1.56. The maximum atomic E-state index is 11.7. The van der Waals surface area contributed by atoms with E-state index in [9.17, 15) is 14.9 Å². The molecule has 110 valence electrons. The van der Waals surface area contributed by atoms with Crippen LogP contribution in [0.5, 0.6) is 0 Å². The van der Waals surface area contributed by atoms with Gasteiger partial charge in [0.1, 0.15) is 0 Å². The number of hydrogen-bond acceptors (Lipinski definition) is 4. The van der Waals surface area contributed by atoms with Crippen molar-refractivity contribution in [2.45, 2.75) is 26.8 Å². The summed E-state index contributed by atoms with van der Waals surface area (Å²) in [7, 11) is 0. The molecule has 0 aliphatic rings. The Morgan fingerprint density at radius 3 is 2.65 bits per heavy atom. The quantitative estimate of drug-likeness (QED) is 0.567. The first-order valence-electron chi connectivity index (χ1n) is 6.28. The van der Waals surface area contributed by atoms with Crippen molar-refractivity contribution in [2.24, 2.45) is 5.92 Å². The molecule has 20 heavy (non-hydrogen) atoms. The predicted octanol–water partition coefficient (Wildman–Crippen LogP) is 2.04. The van der Waals surface area contributed by atoms with Gasteiger partial charge in [-0.3, -0.25) is 10.1 Å². The van der Waals surface area contributed by atoms with E-state index >= 15 is 0 Å². The van der Waals surface area contributed by atoms with Gasteiger partial charge in [-0.05, 0) is 25.8 Å². The van der Waals surface area contributed by atoms with Crippen LogP contribution >= 0.6 is 0 Å². The number of rotatable bonds is 5. The van der Waals surface area contributed by atoms with Crippen LogP contribution in [0.15, 0.2) is 18.2 Å². The average molecular weight is 281 g/mol. The average Bonchev–Trinajstić information content (AvgIpc) is 2.39. The Morgan fingerprint density at radius 1 is 1.45 bits per heavy atom. The van der Waals surface area contributed by atoms with Crippen LogP contribution in [0.1, 0.15) is 19.4 Å². The van der Waals surface area contributed by atoms with E-state index in [2.05, 4.69) is 10.6 Å². The number of aliphatic hydroxyl groups is 1. The highest BCUT2D eigenvalue weighted by molar-refractivity contribution is 5.89. The lowest BCUT2D eigenvalue weighted by atomic mass is 10.1. The van der Waals surface area contributed by atoms with Gasteiger partial charge >= 0.3 is 6.03 Å². The summed E-state index contributed by atoms with van der Waals surface area (Å²) in [6.45, 7) is 5.18. The van der Waals surface area contributed by atoms with E-state index in [4.69, 9.17) is 5.11 Å². The van der Waals surface area contributed by atoms with Gasteiger partial charge in [-0.2, -0.15) is 0 Å². The lowest BCUT2D eigenvalue weighted by Gasteiger charge is -2.19. The van der Waals surface area contributed by atoms with E-state index in [-0.39, 0.29) is 24.3 Å². The molecule has 2 atom stereocenters. The third-order valence-electron chi connectivity index (χ3n) is 3.16. The molecule has 0 saturated heterocycles. The van der Waals surface area contributed by atoms with E-state index in [0.29, 0.717) is 11.3 Å². The molecular formula is C13H19N3O4. The maximum Gasteiger partial charge on any atom is 0.319 e. The molecule has 1 aromatic rings. The topological polar surface area (TPSA) is 104 Å². The Morgan fingerprint density at radius 2 is 2.10 bits per heavy atom. The second-order valence-corrected chi connectivity index (χ2v) is 4.81. The van der Waals surface area contributed by atoms with Crippen molar-refractivity contribution < 1.29 is 14.8 Å². The molecule has 0 aromatic heterocycles. The number of carbonyl (C=O) groups excluding carboxylic acids is 1. The van der Waals surface area contributed by atoms with Crippen LogP contribution in [0.4, 0.5) is 16.2 Å². The molecule has 1 rings (SSSR count). The van der Waals surface area contributed by atoms with Crippen molar-refractivity contribution in [1.29, 1.82) is 0 Å². The minimum atomic E-state index is -0.491. The zero-order valence-electron chi connectivity index (χ0n) is 11.7. The molecule has 0 radical (unpaired) electrons. The Bertz CT molecular complexity index is 504. The summed E-state index contributed by atoms with van der Waals surface area (Å²) >= 11 is 0. The van der Waals surface area contributed by atoms with E-state index in [1.54, 1.807) is 26.0 Å². The van der Waals surface area contributed by atoms with Crippen molar-refractivity contribution in [3.8, 4) is 0 Å². The Labute approximate surface area is 117 Å². The molecule has 0 heterocycles. The SMILES string of the molecule is Cc1ccc(NC(=O)NC(C)C(C)CO)cc1[N+](=O)[O-]. The van der Waals surface area contributed by atoms with Crippen molar-refractivity contribution in [3.63, 3.8) is 0 Å². The first-order valence-corrected chi connectivity index (χ1v) is 6.28. The molecular weight excluding hydrogens is 262 g/mol. The minimum absolute atomic E-state index is 0.0303. The van der Waals surface area contributed by atoms with Gasteiger partial charge < -0.3 is 15.7 Å². The van der Waals surface area contributed by atoms with Crippen molar-refractivity contribution in [2.75, 3.05) is 11.9 Å². The molecule has 2 amide bonds. The number of benzene rings is 1. The molecule has 2 unspecified atom stereocenters. The molecule has 0 aliphatic heterocycles. The Balaban J connectivity index is 2.71. The lowest BCUT2D eigenvalue weighted by Crippen LogP contribution is -2.40. The Hall–Kier alpha value is -2.15. The van der Waals surface area contributed by atoms with Crippen LogP contribution in [0.2, 0.25) is 0 Å². The number of nitrogens with zero attached hydrogens (tertiary/aromatic N) is 1. The van der Waals surface area contributed by atoms with Crippen LogP contribution in [0.3, 0.4) is 0 Å². The molecule has 0 spiro atoms. The summed E-state index contributed by atoms with van der Waals surface area (Å²) in [6.07, 6.45) is 0. The summed E-state index contributed by atoms with van der Waals surface area (Å²) in [5.74, 6) is -0.0758. The normalized spacial score (nSPS) is 13.4. The highest BCUT2D eigenvalue weighted by atomic mass is 16.6. The number of nitro groups is 1. The third-order valence-corrected chi connectivity index (χ3v) is 3.16. The van der Waals surface area contributed by atoms with Gasteiger partial charge in [0.25, 0.3) is 5.69 Å². The van der Waals surface area contributed by atoms with E-state index in [0.717, 1.165) is 0 Å². The molecule has 0 fully saturated rings. The fraction of sp³-hybridized carbons (Fsp3) is 0.462. The number of carbonyl (C=O) groups is 1. The number of hydrogen-bond donors (Lipinski definition) is 3. The minimum Gasteiger partial charge on any atom is -0.396 e. The number of anilines is 1. The molecule has 0 saturated carbocycles. The molecule has 7 nitrogen and oxygen atoms in total. The number of aliphatic hydroxyl groups excluding tert-OH is 1. The summed E-state index contributed by atoms with van der Waals surface area (Å²) < 4.78 is 0. The predicted molar refractivity (Wildman–Crippen MR) is 75.7 cm³/mol. The second-order valence-electron chi connectivity index (χ2n) is 4.81. The highest BCUT2D eigenvalue weighted by Gasteiger charge is 2.15. The Kier molecular flexibility index (Phi) is 5.45.